The van der Waals surface area contributed by atoms with Gasteiger partial charge in [0, 0.05) is 6.07 Å². The van der Waals surface area contributed by atoms with Gasteiger partial charge in [0.25, 0.3) is 10.0 Å². The monoisotopic (exact) mass is 310 g/mol. The van der Waals surface area contributed by atoms with Crippen molar-refractivity contribution in [2.45, 2.75) is 18.4 Å². The molecule has 2 aromatic rings. The molecule has 0 fully saturated rings. The molecule has 0 aliphatic rings. The molecule has 0 saturated heterocycles. The highest BCUT2D eigenvalue weighted by Gasteiger charge is 2.22. The Morgan fingerprint density at radius 1 is 1.29 bits per heavy atom. The maximum Gasteiger partial charge on any atom is 0.265 e. The Balaban J connectivity index is 2.34. The van der Waals surface area contributed by atoms with E-state index in [0.29, 0.717) is 29.5 Å². The van der Waals surface area contributed by atoms with Gasteiger partial charge >= 0.3 is 0 Å². The van der Waals surface area contributed by atoms with Gasteiger partial charge in [-0.25, -0.2) is 8.42 Å². The molecule has 2 N–H and O–H groups in total. The number of furan rings is 1. The van der Waals surface area contributed by atoms with Gasteiger partial charge in [0.2, 0.25) is 0 Å². The zero-order chi connectivity index (χ0) is 15.5. The third kappa shape index (κ3) is 3.37. The van der Waals surface area contributed by atoms with Crippen molar-refractivity contribution in [2.75, 3.05) is 18.9 Å². The van der Waals surface area contributed by atoms with E-state index in [9.17, 15) is 8.42 Å². The molecule has 7 heteroatoms. The lowest BCUT2D eigenvalue weighted by Crippen LogP contribution is -2.14. The number of hydrogen-bond donors (Lipinski definition) is 2. The summed E-state index contributed by atoms with van der Waals surface area (Å²) in [6.45, 7) is 2.08. The van der Waals surface area contributed by atoms with Crippen LogP contribution in [0.2, 0.25) is 0 Å². The third-order valence-corrected chi connectivity index (χ3v) is 4.39. The first-order chi connectivity index (χ1) is 9.97. The summed E-state index contributed by atoms with van der Waals surface area (Å²) in [6, 6.07) is 8.34. The van der Waals surface area contributed by atoms with Crippen molar-refractivity contribution in [3.63, 3.8) is 0 Å². The second kappa shape index (κ2) is 6.19. The number of aryl methyl sites for hydroxylation is 1. The first-order valence-corrected chi connectivity index (χ1v) is 7.86. The number of rotatable bonds is 6. The lowest BCUT2D eigenvalue weighted by Gasteiger charge is -2.10. The largest absolute Gasteiger partial charge is 0.495 e. The van der Waals surface area contributed by atoms with Crippen LogP contribution in [0.3, 0.4) is 0 Å². The van der Waals surface area contributed by atoms with Gasteiger partial charge < -0.3 is 14.5 Å². The number of anilines is 1. The van der Waals surface area contributed by atoms with Crippen LogP contribution in [-0.2, 0) is 16.6 Å². The molecule has 0 radical (unpaired) electrons. The zero-order valence-electron chi connectivity index (χ0n) is 12.1. The minimum absolute atomic E-state index is 0.124. The topological polar surface area (TPSA) is 80.6 Å². The van der Waals surface area contributed by atoms with Gasteiger partial charge in [-0.3, -0.25) is 4.72 Å². The number of sulfonamides is 1. The van der Waals surface area contributed by atoms with Crippen LogP contribution in [0.15, 0.2) is 39.6 Å². The van der Waals surface area contributed by atoms with Crippen LogP contribution in [0.25, 0.3) is 0 Å². The molecule has 1 heterocycles. The predicted molar refractivity (Wildman–Crippen MR) is 80.0 cm³/mol. The van der Waals surface area contributed by atoms with E-state index in [2.05, 4.69) is 10.0 Å². The molecule has 6 nitrogen and oxygen atoms in total. The third-order valence-electron chi connectivity index (χ3n) is 2.92. The van der Waals surface area contributed by atoms with Crippen molar-refractivity contribution in [3.05, 3.63) is 41.9 Å². The van der Waals surface area contributed by atoms with Crippen LogP contribution in [0.1, 0.15) is 11.5 Å². The van der Waals surface area contributed by atoms with Crippen molar-refractivity contribution >= 4 is 15.7 Å². The summed E-state index contributed by atoms with van der Waals surface area (Å²) in [5.74, 6) is 1.37. The summed E-state index contributed by atoms with van der Waals surface area (Å²) >= 11 is 0. The van der Waals surface area contributed by atoms with Gasteiger partial charge in [-0.2, -0.15) is 0 Å². The van der Waals surface area contributed by atoms with Gasteiger partial charge in [0.15, 0.2) is 0 Å². The molecule has 114 valence electrons. The highest BCUT2D eigenvalue weighted by Crippen LogP contribution is 2.28. The number of para-hydroxylation sites is 2. The number of ether oxygens (including phenoxy) is 1. The van der Waals surface area contributed by atoms with Crippen molar-refractivity contribution in [2.24, 2.45) is 0 Å². The molecular formula is C14H18N2O4S. The second-order valence-corrected chi connectivity index (χ2v) is 6.12. The van der Waals surface area contributed by atoms with E-state index >= 15 is 0 Å². The van der Waals surface area contributed by atoms with Crippen LogP contribution in [0.5, 0.6) is 5.75 Å². The van der Waals surface area contributed by atoms with Crippen LogP contribution in [-0.4, -0.2) is 22.6 Å². The standard InChI is InChI=1S/C14H18N2O4S/c1-10-14(8-11(20-10)9-15-2)21(17,18)16-12-6-4-5-7-13(12)19-3/h4-8,15-16H,9H2,1-3H3. The Morgan fingerprint density at radius 2 is 2.00 bits per heavy atom. The van der Waals surface area contributed by atoms with Crippen molar-refractivity contribution in [1.29, 1.82) is 0 Å². The zero-order valence-corrected chi connectivity index (χ0v) is 13.0. The minimum Gasteiger partial charge on any atom is -0.495 e. The van der Waals surface area contributed by atoms with Gasteiger partial charge in [-0.15, -0.1) is 0 Å². The highest BCUT2D eigenvalue weighted by molar-refractivity contribution is 7.92. The van der Waals surface area contributed by atoms with Gasteiger partial charge in [0.1, 0.15) is 22.2 Å². The van der Waals surface area contributed by atoms with Crippen molar-refractivity contribution in [1.82, 2.24) is 5.32 Å². The molecule has 1 aromatic carbocycles. The molecule has 0 aliphatic heterocycles. The van der Waals surface area contributed by atoms with Gasteiger partial charge in [-0.05, 0) is 26.1 Å². The average Bonchev–Trinajstić information content (AvgIpc) is 2.81. The summed E-state index contributed by atoms with van der Waals surface area (Å²) in [5.41, 5.74) is 0.385. The van der Waals surface area contributed by atoms with E-state index in [4.69, 9.17) is 9.15 Å². The smallest absolute Gasteiger partial charge is 0.265 e. The molecule has 21 heavy (non-hydrogen) atoms. The lowest BCUT2D eigenvalue weighted by molar-refractivity contribution is 0.417. The van der Waals surface area contributed by atoms with E-state index in [-0.39, 0.29) is 4.90 Å². The summed E-state index contributed by atoms with van der Waals surface area (Å²) in [6.07, 6.45) is 0. The fraction of sp³-hybridized carbons (Fsp3) is 0.286. The van der Waals surface area contributed by atoms with E-state index in [1.165, 1.54) is 13.2 Å². The van der Waals surface area contributed by atoms with Gasteiger partial charge in [-0.1, -0.05) is 12.1 Å². The van der Waals surface area contributed by atoms with Crippen LogP contribution in [0.4, 0.5) is 5.69 Å². The quantitative estimate of drug-likeness (QED) is 0.854. The van der Waals surface area contributed by atoms with E-state index in [1.54, 1.807) is 38.2 Å². The molecule has 2 rings (SSSR count). The summed E-state index contributed by atoms with van der Waals surface area (Å²) < 4.78 is 38.0. The molecule has 1 aromatic heterocycles. The number of hydrogen-bond acceptors (Lipinski definition) is 5. The number of nitrogens with one attached hydrogen (secondary N) is 2. The first-order valence-electron chi connectivity index (χ1n) is 6.37. The molecule has 0 amide bonds. The fourth-order valence-corrected chi connectivity index (χ4v) is 3.26. The highest BCUT2D eigenvalue weighted by atomic mass is 32.2. The van der Waals surface area contributed by atoms with E-state index in [1.807, 2.05) is 0 Å². The molecule has 0 atom stereocenters. The Kier molecular flexibility index (Phi) is 4.54. The van der Waals surface area contributed by atoms with E-state index in [0.717, 1.165) is 0 Å². The number of benzene rings is 1. The Hall–Kier alpha value is -1.99. The Labute approximate surface area is 124 Å². The van der Waals surface area contributed by atoms with Crippen molar-refractivity contribution < 1.29 is 17.6 Å². The summed E-state index contributed by atoms with van der Waals surface area (Å²) in [5, 5.41) is 2.91. The summed E-state index contributed by atoms with van der Waals surface area (Å²) in [4.78, 5) is 0.124. The maximum absolute atomic E-state index is 12.5. The maximum atomic E-state index is 12.5. The molecule has 0 unspecified atom stereocenters. The summed E-state index contributed by atoms with van der Waals surface area (Å²) in [7, 11) is -0.475. The van der Waals surface area contributed by atoms with Crippen LogP contribution in [0, 0.1) is 6.92 Å². The molecular weight excluding hydrogens is 292 g/mol. The lowest BCUT2D eigenvalue weighted by atomic mass is 10.3. The van der Waals surface area contributed by atoms with Gasteiger partial charge in [0.05, 0.1) is 19.3 Å². The molecule has 0 bridgehead atoms. The fourth-order valence-electron chi connectivity index (χ4n) is 1.98. The molecule has 0 spiro atoms. The second-order valence-electron chi connectivity index (χ2n) is 4.47. The SMILES string of the molecule is CNCc1cc(S(=O)(=O)Nc2ccccc2OC)c(C)o1. The van der Waals surface area contributed by atoms with Crippen molar-refractivity contribution in [3.8, 4) is 5.75 Å². The average molecular weight is 310 g/mol. The first kappa shape index (κ1) is 15.4. The number of methoxy groups -OCH3 is 1. The Morgan fingerprint density at radius 3 is 2.67 bits per heavy atom. The predicted octanol–water partition coefficient (Wildman–Crippen LogP) is 2.12. The van der Waals surface area contributed by atoms with Crippen LogP contribution >= 0.6 is 0 Å². The molecule has 0 saturated carbocycles. The minimum atomic E-state index is -3.73. The Bertz CT molecular complexity index is 722. The van der Waals surface area contributed by atoms with E-state index < -0.39 is 10.0 Å². The normalized spacial score (nSPS) is 11.4. The molecule has 0 aliphatic carbocycles. The van der Waals surface area contributed by atoms with Crippen LogP contribution < -0.4 is 14.8 Å².